The summed E-state index contributed by atoms with van der Waals surface area (Å²) in [6, 6.07) is 17.9. The van der Waals surface area contributed by atoms with E-state index in [0.717, 1.165) is 16.5 Å². The number of rotatable bonds is 5. The van der Waals surface area contributed by atoms with E-state index in [1.54, 1.807) is 12.1 Å². The first kappa shape index (κ1) is 19.5. The zero-order valence-corrected chi connectivity index (χ0v) is 15.5. The molecule has 4 rings (SSSR count). The highest BCUT2D eigenvalue weighted by molar-refractivity contribution is 5.94. The third-order valence-electron chi connectivity index (χ3n) is 4.67. The van der Waals surface area contributed by atoms with Crippen LogP contribution in [0.2, 0.25) is 0 Å². The van der Waals surface area contributed by atoms with Gasteiger partial charge in [0.25, 0.3) is 0 Å². The van der Waals surface area contributed by atoms with Crippen molar-refractivity contribution in [2.24, 2.45) is 0 Å². The lowest BCUT2D eigenvalue weighted by atomic mass is 10.1. The Morgan fingerprint density at radius 2 is 1.83 bits per heavy atom. The van der Waals surface area contributed by atoms with Gasteiger partial charge in [-0.05, 0) is 35.9 Å². The van der Waals surface area contributed by atoms with Crippen LogP contribution in [-0.4, -0.2) is 20.6 Å². The minimum absolute atomic E-state index is 0.154. The molecule has 2 aromatic carbocycles. The van der Waals surface area contributed by atoms with E-state index in [1.165, 1.54) is 0 Å². The van der Waals surface area contributed by atoms with E-state index in [1.807, 2.05) is 48.7 Å². The molecule has 2 heterocycles. The summed E-state index contributed by atoms with van der Waals surface area (Å²) in [4.78, 5) is 15.1. The van der Waals surface area contributed by atoms with Gasteiger partial charge in [-0.3, -0.25) is 0 Å². The summed E-state index contributed by atoms with van der Waals surface area (Å²) in [6.07, 6.45) is -2.11. The Bertz CT molecular complexity index is 1220. The number of carboxylic acids is 1. The number of aromatic nitrogens is 2. The van der Waals surface area contributed by atoms with Gasteiger partial charge < -0.3 is 15.0 Å². The molecule has 0 fully saturated rings. The second-order valence-electron chi connectivity index (χ2n) is 6.75. The average molecular weight is 411 g/mol. The van der Waals surface area contributed by atoms with Gasteiger partial charge in [0.05, 0.1) is 5.56 Å². The molecule has 152 valence electrons. The first-order chi connectivity index (χ1) is 14.3. The predicted octanol–water partition coefficient (Wildman–Crippen LogP) is 5.55. The van der Waals surface area contributed by atoms with E-state index < -0.39 is 23.3 Å². The van der Waals surface area contributed by atoms with Crippen molar-refractivity contribution in [3.8, 4) is 0 Å². The lowest BCUT2D eigenvalue weighted by molar-refractivity contribution is -0.137. The normalized spacial score (nSPS) is 11.6. The largest absolute Gasteiger partial charge is 0.478 e. The molecular formula is C22H16F3N3O2. The lowest BCUT2D eigenvalue weighted by Gasteiger charge is -2.12. The third-order valence-corrected chi connectivity index (χ3v) is 4.67. The number of hydrogen-bond acceptors (Lipinski definition) is 3. The van der Waals surface area contributed by atoms with Crippen molar-refractivity contribution >= 4 is 28.4 Å². The molecule has 0 saturated heterocycles. The quantitative estimate of drug-likeness (QED) is 0.452. The van der Waals surface area contributed by atoms with Crippen molar-refractivity contribution in [2.75, 3.05) is 5.32 Å². The van der Waals surface area contributed by atoms with E-state index >= 15 is 0 Å². The number of carbonyl (C=O) groups is 1. The van der Waals surface area contributed by atoms with E-state index in [2.05, 4.69) is 14.9 Å². The van der Waals surface area contributed by atoms with Crippen LogP contribution in [0.3, 0.4) is 0 Å². The number of fused-ring (bicyclic) bond motifs is 1. The summed E-state index contributed by atoms with van der Waals surface area (Å²) in [5.41, 5.74) is 0.987. The number of nitrogens with zero attached hydrogens (tertiary/aromatic N) is 2. The van der Waals surface area contributed by atoms with Crippen LogP contribution in [0.4, 0.5) is 24.7 Å². The fourth-order valence-corrected chi connectivity index (χ4v) is 3.22. The van der Waals surface area contributed by atoms with Crippen LogP contribution in [0.5, 0.6) is 0 Å². The van der Waals surface area contributed by atoms with Crippen LogP contribution < -0.4 is 5.32 Å². The van der Waals surface area contributed by atoms with Crippen LogP contribution in [0.15, 0.2) is 73.1 Å². The summed E-state index contributed by atoms with van der Waals surface area (Å²) < 4.78 is 40.7. The molecule has 0 bridgehead atoms. The van der Waals surface area contributed by atoms with Crippen molar-refractivity contribution in [2.45, 2.75) is 12.7 Å². The number of hydrogen-bond donors (Lipinski definition) is 2. The second-order valence-corrected chi connectivity index (χ2v) is 6.75. The zero-order chi connectivity index (χ0) is 21.3. The molecule has 30 heavy (non-hydrogen) atoms. The van der Waals surface area contributed by atoms with E-state index in [9.17, 15) is 23.1 Å². The third kappa shape index (κ3) is 3.98. The molecular weight excluding hydrogens is 395 g/mol. The minimum atomic E-state index is -4.67. The van der Waals surface area contributed by atoms with Crippen molar-refractivity contribution in [1.82, 2.24) is 9.55 Å². The van der Waals surface area contributed by atoms with Gasteiger partial charge in [-0.2, -0.15) is 13.2 Å². The molecule has 2 aromatic heterocycles. The van der Waals surface area contributed by atoms with Gasteiger partial charge in [-0.15, -0.1) is 0 Å². The van der Waals surface area contributed by atoms with Crippen molar-refractivity contribution in [3.63, 3.8) is 0 Å². The molecule has 0 aliphatic rings. The van der Waals surface area contributed by atoms with Gasteiger partial charge in [0.15, 0.2) is 0 Å². The first-order valence-electron chi connectivity index (χ1n) is 9.01. The number of aromatic carboxylic acids is 1. The van der Waals surface area contributed by atoms with Crippen molar-refractivity contribution < 1.29 is 23.1 Å². The number of pyridine rings is 1. The molecule has 8 heteroatoms. The summed E-state index contributed by atoms with van der Waals surface area (Å²) in [5, 5.41) is 13.0. The van der Waals surface area contributed by atoms with Gasteiger partial charge in [0.1, 0.15) is 11.4 Å². The van der Waals surface area contributed by atoms with Crippen molar-refractivity contribution in [1.29, 1.82) is 0 Å². The Kier molecular flexibility index (Phi) is 4.91. The number of nitrogens with one attached hydrogen (secondary N) is 1. The average Bonchev–Trinajstić information content (AvgIpc) is 3.10. The predicted molar refractivity (Wildman–Crippen MR) is 107 cm³/mol. The van der Waals surface area contributed by atoms with Crippen LogP contribution >= 0.6 is 0 Å². The fourth-order valence-electron chi connectivity index (χ4n) is 3.22. The summed E-state index contributed by atoms with van der Waals surface area (Å²) in [7, 11) is 0. The number of alkyl halides is 3. The van der Waals surface area contributed by atoms with Crippen LogP contribution in [0.1, 0.15) is 21.5 Å². The Labute approximate surface area is 169 Å². The van der Waals surface area contributed by atoms with Crippen LogP contribution in [-0.2, 0) is 12.7 Å². The highest BCUT2D eigenvalue weighted by Crippen LogP contribution is 2.32. The molecule has 0 aliphatic heterocycles. The molecule has 0 atom stereocenters. The zero-order valence-electron chi connectivity index (χ0n) is 15.5. The van der Waals surface area contributed by atoms with Gasteiger partial charge in [0, 0.05) is 35.5 Å². The first-order valence-corrected chi connectivity index (χ1v) is 9.01. The Hall–Kier alpha value is -3.81. The molecule has 0 spiro atoms. The second kappa shape index (κ2) is 7.55. The number of benzene rings is 2. The van der Waals surface area contributed by atoms with Crippen LogP contribution in [0.25, 0.3) is 10.9 Å². The topological polar surface area (TPSA) is 67.2 Å². The monoisotopic (exact) mass is 411 g/mol. The summed E-state index contributed by atoms with van der Waals surface area (Å²) in [6.45, 7) is 0.695. The highest BCUT2D eigenvalue weighted by atomic mass is 19.4. The van der Waals surface area contributed by atoms with Crippen LogP contribution in [0, 0.1) is 0 Å². The Balaban J connectivity index is 1.63. The van der Waals surface area contributed by atoms with Gasteiger partial charge in [0.2, 0.25) is 0 Å². The molecule has 0 aliphatic carbocycles. The van der Waals surface area contributed by atoms with E-state index in [0.29, 0.717) is 24.5 Å². The molecule has 5 nitrogen and oxygen atoms in total. The maximum absolute atomic E-state index is 12.9. The minimum Gasteiger partial charge on any atom is -0.478 e. The Morgan fingerprint density at radius 3 is 2.53 bits per heavy atom. The number of carboxylic acid groups (broad SMARTS) is 1. The molecule has 0 saturated carbocycles. The molecule has 0 radical (unpaired) electrons. The smallest absolute Gasteiger partial charge is 0.417 e. The maximum atomic E-state index is 12.9. The van der Waals surface area contributed by atoms with Crippen molar-refractivity contribution in [3.05, 3.63) is 89.7 Å². The lowest BCUT2D eigenvalue weighted by Crippen LogP contribution is -2.11. The van der Waals surface area contributed by atoms with Gasteiger partial charge in [-0.25, -0.2) is 9.78 Å². The van der Waals surface area contributed by atoms with Gasteiger partial charge >= 0.3 is 12.1 Å². The molecule has 0 unspecified atom stereocenters. The highest BCUT2D eigenvalue weighted by Gasteiger charge is 2.32. The summed E-state index contributed by atoms with van der Waals surface area (Å²) in [5.74, 6) is -1.65. The molecule has 4 aromatic rings. The van der Waals surface area contributed by atoms with Gasteiger partial charge in [-0.1, -0.05) is 30.3 Å². The van der Waals surface area contributed by atoms with E-state index in [4.69, 9.17) is 0 Å². The maximum Gasteiger partial charge on any atom is 0.417 e. The fraction of sp³-hybridized carbons (Fsp3) is 0.0909. The summed E-state index contributed by atoms with van der Waals surface area (Å²) >= 11 is 0. The van der Waals surface area contributed by atoms with E-state index in [-0.39, 0.29) is 5.82 Å². The molecule has 2 N–H and O–H groups in total. The SMILES string of the molecule is O=C(O)c1cc(C(F)(F)F)cnc1Nc1ccc2c(ccn2Cc2ccccc2)c1. The molecule has 0 amide bonds. The standard InChI is InChI=1S/C22H16F3N3O2/c23-22(24,25)16-11-18(21(29)30)20(26-12-16)27-17-6-7-19-15(10-17)8-9-28(19)13-14-4-2-1-3-5-14/h1-12H,13H2,(H,26,27)(H,29,30). The Morgan fingerprint density at radius 1 is 1.07 bits per heavy atom. The number of halogens is 3. The number of anilines is 2.